The first-order valence-electron chi connectivity index (χ1n) is 10.4. The van der Waals surface area contributed by atoms with Crippen molar-refractivity contribution in [2.24, 2.45) is 0 Å². The van der Waals surface area contributed by atoms with Gasteiger partial charge in [-0.2, -0.15) is 4.57 Å². The van der Waals surface area contributed by atoms with E-state index in [1.807, 2.05) is 83.6 Å². The van der Waals surface area contributed by atoms with E-state index >= 15 is 0 Å². The lowest BCUT2D eigenvalue weighted by molar-refractivity contribution is -0.720. The quantitative estimate of drug-likeness (QED) is 0.179. The average Bonchev–Trinajstić information content (AvgIpc) is 2.84. The lowest BCUT2D eigenvalue weighted by atomic mass is 9.74. The highest BCUT2D eigenvalue weighted by atomic mass is 35.5. The Morgan fingerprint density at radius 1 is 1.09 bits per heavy atom. The van der Waals surface area contributed by atoms with Gasteiger partial charge in [0.25, 0.3) is 0 Å². The van der Waals surface area contributed by atoms with Gasteiger partial charge in [0.2, 0.25) is 17.3 Å². The van der Waals surface area contributed by atoms with Gasteiger partial charge in [0.15, 0.2) is 6.20 Å². The molecular weight excluding hydrogens is 452 g/mol. The smallest absolute Gasteiger partial charge is 0.227 e. The van der Waals surface area contributed by atoms with Gasteiger partial charge in [-0.3, -0.25) is 10.4 Å². The number of rotatable bonds is 3. The van der Waals surface area contributed by atoms with Crippen molar-refractivity contribution in [3.05, 3.63) is 113 Å². The maximum absolute atomic E-state index is 12.3. The van der Waals surface area contributed by atoms with E-state index in [4.69, 9.17) is 29.2 Å². The SMILES string of the molecule is N=C=C1C(=S)N[C@@](O)(c2ccccc2)[C@H]([n+]2cccc3cc(Cl)ccc32)[C@H]1c1cccnc1. The Morgan fingerprint density at radius 2 is 1.91 bits per heavy atom. The van der Waals surface area contributed by atoms with Crippen molar-refractivity contribution in [3.63, 3.8) is 0 Å². The minimum atomic E-state index is -1.57. The second-order valence-electron chi connectivity index (χ2n) is 7.95. The van der Waals surface area contributed by atoms with Crippen LogP contribution in [0.15, 0.2) is 97.0 Å². The third kappa shape index (κ3) is 3.63. The molecule has 0 radical (unpaired) electrons. The van der Waals surface area contributed by atoms with Gasteiger partial charge in [-0.05, 0) is 35.7 Å². The number of fused-ring (bicyclic) bond motifs is 1. The van der Waals surface area contributed by atoms with E-state index in [0.717, 1.165) is 16.5 Å². The summed E-state index contributed by atoms with van der Waals surface area (Å²) in [5, 5.41) is 25.1. The van der Waals surface area contributed by atoms with E-state index in [2.05, 4.69) is 16.2 Å². The molecule has 1 aliphatic rings. The van der Waals surface area contributed by atoms with Crippen LogP contribution in [0.1, 0.15) is 23.1 Å². The van der Waals surface area contributed by atoms with E-state index in [-0.39, 0.29) is 4.99 Å². The minimum absolute atomic E-state index is 0.283. The van der Waals surface area contributed by atoms with Crippen LogP contribution in [-0.2, 0) is 5.72 Å². The monoisotopic (exact) mass is 471 g/mol. The van der Waals surface area contributed by atoms with Crippen molar-refractivity contribution in [3.8, 4) is 0 Å². The average molecular weight is 472 g/mol. The van der Waals surface area contributed by atoms with Crippen LogP contribution in [0.3, 0.4) is 0 Å². The normalized spacial score (nSPS) is 22.6. The van der Waals surface area contributed by atoms with E-state index in [1.54, 1.807) is 12.4 Å². The Kier molecular flexibility index (Phi) is 5.52. The second kappa shape index (κ2) is 8.50. The fraction of sp³-hybridized carbons (Fsp3) is 0.115. The molecule has 2 aromatic heterocycles. The highest BCUT2D eigenvalue weighted by molar-refractivity contribution is 7.80. The number of piperidine rings is 1. The number of aliphatic hydroxyl groups is 1. The van der Waals surface area contributed by atoms with Crippen molar-refractivity contribution in [2.75, 3.05) is 0 Å². The molecule has 0 unspecified atom stereocenters. The summed E-state index contributed by atoms with van der Waals surface area (Å²) in [6.45, 7) is 0. The van der Waals surface area contributed by atoms with Crippen LogP contribution >= 0.6 is 23.8 Å². The summed E-state index contributed by atoms with van der Waals surface area (Å²) < 4.78 is 2.02. The fourth-order valence-electron chi connectivity index (χ4n) is 4.65. The first kappa shape index (κ1) is 21.4. The van der Waals surface area contributed by atoms with Crippen molar-refractivity contribution < 1.29 is 9.67 Å². The predicted octanol–water partition coefficient (Wildman–Crippen LogP) is 4.45. The number of halogens is 1. The van der Waals surface area contributed by atoms with Crippen LogP contribution in [0.25, 0.3) is 10.9 Å². The zero-order chi connectivity index (χ0) is 23.0. The molecule has 7 heteroatoms. The number of aromatic nitrogens is 2. The summed E-state index contributed by atoms with van der Waals surface area (Å²) in [6.07, 6.45) is 5.37. The van der Waals surface area contributed by atoms with Gasteiger partial charge < -0.3 is 10.4 Å². The molecule has 0 saturated carbocycles. The standard InChI is InChI=1S/C26H19ClN4OS/c27-20-10-11-22-17(14-20)7-5-13-31(22)24-23(18-6-4-12-29-16-18)21(15-28)25(33)30-26(24,32)19-8-2-1-3-9-19/h1-14,16,23-24,28,32H/p+1/t23-,24+,26+/m0/s1. The number of hydrogen-bond donors (Lipinski definition) is 3. The van der Waals surface area contributed by atoms with Crippen molar-refractivity contribution >= 4 is 45.6 Å². The summed E-state index contributed by atoms with van der Waals surface area (Å²) in [4.78, 5) is 4.58. The van der Waals surface area contributed by atoms with E-state index < -0.39 is 17.7 Å². The summed E-state index contributed by atoms with van der Waals surface area (Å²) in [7, 11) is 0. The Hall–Kier alpha value is -3.41. The third-order valence-electron chi connectivity index (χ3n) is 6.09. The van der Waals surface area contributed by atoms with Crippen LogP contribution < -0.4 is 9.88 Å². The van der Waals surface area contributed by atoms with Gasteiger partial charge in [0, 0.05) is 40.5 Å². The van der Waals surface area contributed by atoms with E-state index in [9.17, 15) is 5.11 Å². The molecule has 33 heavy (non-hydrogen) atoms. The molecule has 0 bridgehead atoms. The highest BCUT2D eigenvalue weighted by Gasteiger charge is 2.56. The van der Waals surface area contributed by atoms with Gasteiger partial charge in [-0.1, -0.05) is 60.2 Å². The molecule has 5 nitrogen and oxygen atoms in total. The zero-order valence-electron chi connectivity index (χ0n) is 17.4. The molecule has 1 aliphatic heterocycles. The first-order valence-corrected chi connectivity index (χ1v) is 11.2. The third-order valence-corrected chi connectivity index (χ3v) is 6.64. The number of hydrogen-bond acceptors (Lipinski definition) is 4. The van der Waals surface area contributed by atoms with Crippen molar-refractivity contribution in [1.29, 1.82) is 5.41 Å². The first-order chi connectivity index (χ1) is 16.0. The Balaban J connectivity index is 1.86. The molecule has 3 N–H and O–H groups in total. The molecule has 2 aromatic carbocycles. The lowest BCUT2D eigenvalue weighted by Gasteiger charge is -2.43. The molecule has 162 valence electrons. The van der Waals surface area contributed by atoms with Gasteiger partial charge in [-0.25, -0.2) is 0 Å². The van der Waals surface area contributed by atoms with E-state index in [0.29, 0.717) is 16.2 Å². The molecule has 3 atom stereocenters. The number of thiocarbonyl (C=S) groups is 1. The molecular formula is C26H20ClN4OS+. The number of pyridine rings is 2. The molecule has 0 aliphatic carbocycles. The summed E-state index contributed by atoms with van der Waals surface area (Å²) in [5.74, 6) is 2.05. The maximum atomic E-state index is 12.3. The summed E-state index contributed by atoms with van der Waals surface area (Å²) >= 11 is 11.9. The molecule has 0 spiro atoms. The lowest BCUT2D eigenvalue weighted by Crippen LogP contribution is -2.65. The summed E-state index contributed by atoms with van der Waals surface area (Å²) in [6, 6.07) is 22.1. The number of nitrogens with zero attached hydrogens (tertiary/aromatic N) is 2. The molecule has 1 saturated heterocycles. The Morgan fingerprint density at radius 3 is 2.64 bits per heavy atom. The van der Waals surface area contributed by atoms with E-state index in [1.165, 1.54) is 0 Å². The van der Waals surface area contributed by atoms with Crippen LogP contribution in [0.4, 0.5) is 0 Å². The van der Waals surface area contributed by atoms with Gasteiger partial charge >= 0.3 is 0 Å². The maximum Gasteiger partial charge on any atom is 0.227 e. The molecule has 5 rings (SSSR count). The molecule has 3 heterocycles. The van der Waals surface area contributed by atoms with Crippen LogP contribution in [-0.4, -0.2) is 20.9 Å². The molecule has 0 amide bonds. The molecule has 1 fully saturated rings. The minimum Gasteiger partial charge on any atom is -0.362 e. The van der Waals surface area contributed by atoms with Crippen LogP contribution in [0, 0.1) is 5.41 Å². The summed E-state index contributed by atoms with van der Waals surface area (Å²) in [5.41, 5.74) is 1.29. The number of benzene rings is 2. The Labute approximate surface area is 201 Å². The molecule has 4 aromatic rings. The van der Waals surface area contributed by atoms with Gasteiger partial charge in [0.1, 0.15) is 4.99 Å². The Bertz CT molecular complexity index is 1410. The fourth-order valence-corrected chi connectivity index (χ4v) is 5.17. The largest absolute Gasteiger partial charge is 0.362 e. The van der Waals surface area contributed by atoms with Crippen molar-refractivity contribution in [2.45, 2.75) is 17.7 Å². The number of nitrogens with one attached hydrogen (secondary N) is 2. The topological polar surface area (TPSA) is 72.9 Å². The van der Waals surface area contributed by atoms with Crippen LogP contribution in [0.2, 0.25) is 5.02 Å². The van der Waals surface area contributed by atoms with Gasteiger partial charge in [-0.15, -0.1) is 0 Å². The highest BCUT2D eigenvalue weighted by Crippen LogP contribution is 2.45. The second-order valence-corrected chi connectivity index (χ2v) is 8.80. The van der Waals surface area contributed by atoms with Gasteiger partial charge in [0.05, 0.1) is 11.5 Å². The zero-order valence-corrected chi connectivity index (χ0v) is 19.0. The predicted molar refractivity (Wildman–Crippen MR) is 132 cm³/mol. The van der Waals surface area contributed by atoms with Crippen molar-refractivity contribution in [1.82, 2.24) is 10.3 Å². The van der Waals surface area contributed by atoms with Crippen LogP contribution in [0.5, 0.6) is 0 Å².